The molecular formula is C24H16Cl2I2N2O3S. The number of aryl methyl sites for hydroxylation is 1. The van der Waals surface area contributed by atoms with Gasteiger partial charge >= 0.3 is 0 Å². The van der Waals surface area contributed by atoms with Crippen LogP contribution in [0.3, 0.4) is 0 Å². The van der Waals surface area contributed by atoms with Crippen molar-refractivity contribution in [2.45, 2.75) is 13.5 Å². The molecule has 1 fully saturated rings. The fourth-order valence-corrected chi connectivity index (χ4v) is 6.10. The zero-order valence-corrected chi connectivity index (χ0v) is 24.2. The van der Waals surface area contributed by atoms with E-state index in [4.69, 9.17) is 33.3 Å². The van der Waals surface area contributed by atoms with Gasteiger partial charge in [-0.05, 0) is 124 Å². The average Bonchev–Trinajstić information content (AvgIpc) is 3.02. The highest BCUT2D eigenvalue weighted by Crippen LogP contribution is 2.39. The lowest BCUT2D eigenvalue weighted by molar-refractivity contribution is -0.113. The van der Waals surface area contributed by atoms with E-state index in [1.54, 1.807) is 24.3 Å². The Hall–Kier alpha value is -1.47. The molecule has 5 nitrogen and oxygen atoms in total. The number of halogens is 4. The predicted octanol–water partition coefficient (Wildman–Crippen LogP) is 7.85. The van der Waals surface area contributed by atoms with Crippen LogP contribution in [0.2, 0.25) is 10.0 Å². The van der Waals surface area contributed by atoms with Crippen LogP contribution in [0, 0.1) is 19.5 Å². The van der Waals surface area contributed by atoms with Gasteiger partial charge in [0.1, 0.15) is 6.61 Å². The lowest BCUT2D eigenvalue weighted by Crippen LogP contribution is -2.28. The number of nitrogens with zero attached hydrogens (tertiary/aromatic N) is 1. The first-order chi connectivity index (χ1) is 16.1. The second-order valence-corrected chi connectivity index (χ2v) is 11.6. The number of anilines is 1. The van der Waals surface area contributed by atoms with Crippen LogP contribution in [0.1, 0.15) is 16.7 Å². The first kappa shape index (κ1) is 25.6. The smallest absolute Gasteiger partial charge is 0.271 e. The highest BCUT2D eigenvalue weighted by atomic mass is 127. The second-order valence-electron chi connectivity index (χ2n) is 7.36. The number of ether oxygens (including phenoxy) is 1. The number of hydrogen-bond donors (Lipinski definition) is 2. The topological polar surface area (TPSA) is 73.6 Å². The maximum Gasteiger partial charge on any atom is 0.271 e. The minimum Gasteiger partial charge on any atom is -0.504 e. The van der Waals surface area contributed by atoms with Gasteiger partial charge in [-0.3, -0.25) is 15.1 Å². The van der Waals surface area contributed by atoms with Gasteiger partial charge in [0.15, 0.2) is 16.7 Å². The Balaban J connectivity index is 1.56. The summed E-state index contributed by atoms with van der Waals surface area (Å²) in [5.74, 6) is -0.00532. The summed E-state index contributed by atoms with van der Waals surface area (Å²) in [7, 11) is 0. The molecule has 4 rings (SSSR count). The van der Waals surface area contributed by atoms with Gasteiger partial charge in [-0.2, -0.15) is 0 Å². The number of thioether (sulfide) groups is 1. The summed E-state index contributed by atoms with van der Waals surface area (Å²) >= 11 is 17.5. The van der Waals surface area contributed by atoms with E-state index in [0.29, 0.717) is 35.5 Å². The van der Waals surface area contributed by atoms with E-state index in [9.17, 15) is 9.90 Å². The number of nitrogens with one attached hydrogen (secondary N) is 1. The van der Waals surface area contributed by atoms with Gasteiger partial charge in [-0.1, -0.05) is 29.3 Å². The molecule has 1 aliphatic heterocycles. The highest BCUT2D eigenvalue weighted by Gasteiger charge is 2.34. The van der Waals surface area contributed by atoms with Gasteiger partial charge in [0.25, 0.3) is 5.91 Å². The van der Waals surface area contributed by atoms with Crippen molar-refractivity contribution in [1.82, 2.24) is 0 Å². The molecule has 34 heavy (non-hydrogen) atoms. The Morgan fingerprint density at radius 2 is 1.91 bits per heavy atom. The van der Waals surface area contributed by atoms with Crippen molar-refractivity contribution in [2.24, 2.45) is 0 Å². The summed E-state index contributed by atoms with van der Waals surface area (Å²) in [6.07, 6.45) is 1.67. The van der Waals surface area contributed by atoms with Crippen LogP contribution >= 0.6 is 80.1 Å². The van der Waals surface area contributed by atoms with E-state index >= 15 is 0 Å². The number of phenolic OH excluding ortho intramolecular Hbond substituents is 1. The van der Waals surface area contributed by atoms with Gasteiger partial charge in [-0.25, -0.2) is 0 Å². The summed E-state index contributed by atoms with van der Waals surface area (Å²) < 4.78 is 7.55. The third-order valence-electron chi connectivity index (χ3n) is 4.95. The average molecular weight is 737 g/mol. The van der Waals surface area contributed by atoms with Gasteiger partial charge in [0.2, 0.25) is 0 Å². The molecule has 0 bridgehead atoms. The molecule has 1 amide bonds. The molecule has 2 N–H and O–H groups in total. The van der Waals surface area contributed by atoms with Crippen LogP contribution in [0.25, 0.3) is 6.08 Å². The summed E-state index contributed by atoms with van der Waals surface area (Å²) in [6, 6.07) is 14.2. The van der Waals surface area contributed by atoms with Gasteiger partial charge in [-0.15, -0.1) is 0 Å². The molecule has 1 heterocycles. The maximum absolute atomic E-state index is 13.1. The van der Waals surface area contributed by atoms with Crippen molar-refractivity contribution in [3.63, 3.8) is 0 Å². The lowest BCUT2D eigenvalue weighted by Gasteiger charge is -2.17. The zero-order chi connectivity index (χ0) is 24.6. The van der Waals surface area contributed by atoms with Gasteiger partial charge < -0.3 is 9.84 Å². The van der Waals surface area contributed by atoms with Crippen LogP contribution in [0.4, 0.5) is 5.69 Å². The zero-order valence-electron chi connectivity index (χ0n) is 17.5. The number of amidine groups is 1. The van der Waals surface area contributed by atoms with Crippen LogP contribution in [0.15, 0.2) is 53.4 Å². The van der Waals surface area contributed by atoms with Crippen LogP contribution in [-0.4, -0.2) is 16.2 Å². The molecule has 0 spiro atoms. The number of aromatic hydroxyl groups is 1. The first-order valence-electron chi connectivity index (χ1n) is 9.82. The maximum atomic E-state index is 13.1. The summed E-state index contributed by atoms with van der Waals surface area (Å²) in [5.41, 5.74) is 2.98. The summed E-state index contributed by atoms with van der Waals surface area (Å²) in [4.78, 5) is 14.9. The Labute approximate surface area is 238 Å². The quantitative estimate of drug-likeness (QED) is 0.207. The van der Waals surface area contributed by atoms with E-state index in [1.165, 1.54) is 11.0 Å². The molecule has 3 aromatic carbocycles. The Bertz CT molecular complexity index is 1340. The largest absolute Gasteiger partial charge is 0.504 e. The Kier molecular flexibility index (Phi) is 8.02. The molecule has 0 saturated carbocycles. The van der Waals surface area contributed by atoms with Gasteiger partial charge in [0, 0.05) is 19.2 Å². The SMILES string of the molecule is Cc1cc(I)ccc1N1C(=N)S/C(=C\c2cc(O)c(OCc3ccc(Cl)cc3Cl)c(I)c2)C1=O. The third kappa shape index (κ3) is 5.51. The fourth-order valence-electron chi connectivity index (χ4n) is 3.34. The lowest BCUT2D eigenvalue weighted by atomic mass is 10.1. The number of carbonyl (C=O) groups excluding carboxylic acids is 1. The number of hydrogen-bond acceptors (Lipinski definition) is 5. The molecule has 1 saturated heterocycles. The Morgan fingerprint density at radius 3 is 2.59 bits per heavy atom. The van der Waals surface area contributed by atoms with Crippen LogP contribution in [0.5, 0.6) is 11.5 Å². The number of carbonyl (C=O) groups is 1. The van der Waals surface area contributed by atoms with E-state index < -0.39 is 0 Å². The number of benzene rings is 3. The van der Waals surface area contributed by atoms with E-state index in [0.717, 1.165) is 26.5 Å². The third-order valence-corrected chi connectivity index (χ3v) is 7.90. The number of phenols is 1. The molecule has 0 aliphatic carbocycles. The highest BCUT2D eigenvalue weighted by molar-refractivity contribution is 14.1. The molecule has 0 unspecified atom stereocenters. The fraction of sp³-hybridized carbons (Fsp3) is 0.0833. The molecule has 3 aromatic rings. The van der Waals surface area contributed by atoms with Crippen molar-refractivity contribution in [2.75, 3.05) is 4.90 Å². The van der Waals surface area contributed by atoms with Crippen LogP contribution < -0.4 is 9.64 Å². The van der Waals surface area contributed by atoms with E-state index in [1.807, 2.05) is 31.2 Å². The Morgan fingerprint density at radius 1 is 1.15 bits per heavy atom. The molecule has 1 aliphatic rings. The number of amides is 1. The van der Waals surface area contributed by atoms with E-state index in [2.05, 4.69) is 45.2 Å². The molecule has 0 radical (unpaired) electrons. The van der Waals surface area contributed by atoms with Crippen molar-refractivity contribution < 1.29 is 14.6 Å². The monoisotopic (exact) mass is 736 g/mol. The second kappa shape index (κ2) is 10.7. The standard InChI is InChI=1S/C24H16Cl2I2N2O3S/c1-12-6-16(27)4-5-19(12)30-23(32)21(34-24(30)29)9-13-7-18(28)22(20(31)8-13)33-11-14-2-3-15(25)10-17(14)26/h2-10,29,31H,11H2,1H3/b21-9-,29-24?. The first-order valence-corrected chi connectivity index (χ1v) is 13.5. The summed E-state index contributed by atoms with van der Waals surface area (Å²) in [5, 5.41) is 20.1. The molecular weight excluding hydrogens is 721 g/mol. The van der Waals surface area contributed by atoms with Crippen molar-refractivity contribution in [3.05, 3.63) is 87.3 Å². The molecule has 0 aromatic heterocycles. The predicted molar refractivity (Wildman–Crippen MR) is 156 cm³/mol. The minimum atomic E-state index is -0.272. The number of rotatable bonds is 5. The molecule has 0 atom stereocenters. The summed E-state index contributed by atoms with van der Waals surface area (Å²) in [6.45, 7) is 2.08. The molecule has 174 valence electrons. The van der Waals surface area contributed by atoms with Gasteiger partial charge in [0.05, 0.1) is 14.2 Å². The van der Waals surface area contributed by atoms with Crippen molar-refractivity contribution in [1.29, 1.82) is 5.41 Å². The van der Waals surface area contributed by atoms with E-state index in [-0.39, 0.29) is 23.4 Å². The minimum absolute atomic E-state index is 0.0558. The van der Waals surface area contributed by atoms with Crippen molar-refractivity contribution >= 4 is 103 Å². The van der Waals surface area contributed by atoms with Crippen molar-refractivity contribution in [3.8, 4) is 11.5 Å². The molecule has 10 heteroatoms. The normalized spacial score (nSPS) is 14.9. The van der Waals surface area contributed by atoms with Crippen LogP contribution in [-0.2, 0) is 11.4 Å².